The molecule has 0 bridgehead atoms. The van der Waals surface area contributed by atoms with E-state index in [1.807, 2.05) is 193 Å². The number of H-pyrrole nitrogens is 1. The molecule has 624 valence electrons. The number of aliphatic carboxylic acids is 1. The van der Waals surface area contributed by atoms with Gasteiger partial charge in [0.2, 0.25) is 0 Å². The van der Waals surface area contributed by atoms with Crippen LogP contribution in [0.5, 0.6) is 40.2 Å². The zero-order chi connectivity index (χ0) is 83.8. The third-order valence-electron chi connectivity index (χ3n) is 15.2. The average Bonchev–Trinajstić information content (AvgIpc) is 0.815. The van der Waals surface area contributed by atoms with Crippen LogP contribution in [-0.2, 0) is 79.2 Å². The van der Waals surface area contributed by atoms with E-state index in [1.54, 1.807) is 58.8 Å². The molecular formula is C85H101BrClF3N8O18. The van der Waals surface area contributed by atoms with Crippen LogP contribution in [-0.4, -0.2) is 146 Å². The largest absolute Gasteiger partial charge is 0.508 e. The zero-order valence-electron chi connectivity index (χ0n) is 66.3. The van der Waals surface area contributed by atoms with Crippen molar-refractivity contribution >= 4 is 90.1 Å². The number of alkyl halides is 4. The summed E-state index contributed by atoms with van der Waals surface area (Å²) in [4.78, 5) is 61.6. The molecule has 9 N–H and O–H groups in total. The van der Waals surface area contributed by atoms with Gasteiger partial charge in [0.05, 0.1) is 73.1 Å². The monoisotopic (exact) mass is 1690 g/mol. The quantitative estimate of drug-likeness (QED) is 0.0169. The number of ether oxygens (including phenoxy) is 12. The molecule has 26 nitrogen and oxygen atoms in total. The number of nitrogens with one attached hydrogen (secondary N) is 3. The Morgan fingerprint density at radius 3 is 1.16 bits per heavy atom. The van der Waals surface area contributed by atoms with E-state index in [4.69, 9.17) is 73.5 Å². The van der Waals surface area contributed by atoms with E-state index in [1.165, 1.54) is 6.07 Å². The molecule has 0 fully saturated rings. The Morgan fingerprint density at radius 1 is 0.457 bits per heavy atom. The van der Waals surface area contributed by atoms with Crippen molar-refractivity contribution in [3.05, 3.63) is 238 Å². The molecule has 2 amide bonds. The molecule has 0 aliphatic heterocycles. The summed E-state index contributed by atoms with van der Waals surface area (Å²) in [6.45, 7) is 17.0. The minimum absolute atomic E-state index is 0. The van der Waals surface area contributed by atoms with Gasteiger partial charge in [-0.3, -0.25) is 19.7 Å². The Balaban J connectivity index is 0.000000265. The number of aromatic nitrogens is 4. The maximum atomic E-state index is 12.0. The van der Waals surface area contributed by atoms with Crippen molar-refractivity contribution in [2.24, 2.45) is 11.5 Å². The van der Waals surface area contributed by atoms with E-state index in [0.717, 1.165) is 78.8 Å². The second-order valence-electron chi connectivity index (χ2n) is 26.7. The van der Waals surface area contributed by atoms with Crippen molar-refractivity contribution in [3.63, 3.8) is 0 Å². The second-order valence-corrected chi connectivity index (χ2v) is 27.5. The van der Waals surface area contributed by atoms with Crippen LogP contribution in [0.3, 0.4) is 0 Å². The smallest absolute Gasteiger partial charge is 0.490 e. The number of phenolic OH excluding ortho intramolecular Hbond substituents is 1. The Bertz CT molecular complexity index is 4880. The van der Waals surface area contributed by atoms with Gasteiger partial charge in [-0.15, -0.1) is 12.4 Å². The number of pyridine rings is 4. The Kier molecular flexibility index (Phi) is 40.9. The fourth-order valence-electron chi connectivity index (χ4n) is 9.96. The van der Waals surface area contributed by atoms with Crippen LogP contribution >= 0.6 is 28.3 Å². The number of aromatic hydroxyl groups is 1. The lowest BCUT2D eigenvalue weighted by molar-refractivity contribution is -0.192. The lowest BCUT2D eigenvalue weighted by Gasteiger charge is -2.19. The molecule has 0 spiro atoms. The first-order chi connectivity index (χ1) is 55.0. The summed E-state index contributed by atoms with van der Waals surface area (Å²) in [5, 5.41) is 26.4. The van der Waals surface area contributed by atoms with Crippen molar-refractivity contribution in [2.75, 3.05) is 80.0 Å². The number of halogens is 5. The Labute approximate surface area is 686 Å². The summed E-state index contributed by atoms with van der Waals surface area (Å²) in [7, 11) is 6.58. The maximum Gasteiger partial charge on any atom is 0.490 e. The van der Waals surface area contributed by atoms with E-state index in [0.29, 0.717) is 123 Å². The number of nitrogens with two attached hydrogens (primary N) is 2. The van der Waals surface area contributed by atoms with Crippen LogP contribution in [0, 0.1) is 0 Å². The number of carboxylic acid groups (broad SMARTS) is 1. The van der Waals surface area contributed by atoms with E-state index in [9.17, 15) is 32.7 Å². The summed E-state index contributed by atoms with van der Waals surface area (Å²) in [5.74, 6) is 1.52. The first kappa shape index (κ1) is 95.5. The van der Waals surface area contributed by atoms with E-state index >= 15 is 0 Å². The molecule has 11 rings (SSSR count). The molecule has 0 aliphatic rings. The summed E-state index contributed by atoms with van der Waals surface area (Å²) in [6.07, 6.45) is -6.08. The fourth-order valence-corrected chi connectivity index (χ4v) is 10.3. The number of alkyl carbamates (subject to hydrolysis) is 2. The van der Waals surface area contributed by atoms with Gasteiger partial charge < -0.3 is 94.1 Å². The molecule has 0 unspecified atom stereocenters. The number of rotatable bonds is 29. The number of fused-ring (bicyclic) bond motifs is 4. The van der Waals surface area contributed by atoms with Gasteiger partial charge in [0, 0.05) is 104 Å². The molecule has 116 heavy (non-hydrogen) atoms. The molecule has 4 heterocycles. The fraction of sp³-hybridized carbons (Fsp3) is 0.329. The maximum absolute atomic E-state index is 12.0. The van der Waals surface area contributed by atoms with Crippen molar-refractivity contribution in [1.29, 1.82) is 0 Å². The number of phenols is 1. The molecular weight excluding hydrogens is 1590 g/mol. The van der Waals surface area contributed by atoms with Gasteiger partial charge in [-0.25, -0.2) is 14.4 Å². The van der Waals surface area contributed by atoms with Gasteiger partial charge in [0.25, 0.3) is 0 Å². The second kappa shape index (κ2) is 49.6. The number of hydrogen-bond donors (Lipinski definition) is 7. The summed E-state index contributed by atoms with van der Waals surface area (Å²) in [5.41, 5.74) is 19.1. The normalized spacial score (nSPS) is 10.9. The van der Waals surface area contributed by atoms with Gasteiger partial charge in [0.15, 0.2) is 5.43 Å². The Hall–Kier alpha value is -11.1. The summed E-state index contributed by atoms with van der Waals surface area (Å²) >= 11 is 3.18. The number of methoxy groups -OCH3 is 4. The van der Waals surface area contributed by atoms with Gasteiger partial charge in [-0.05, 0) is 131 Å². The van der Waals surface area contributed by atoms with Gasteiger partial charge in [0.1, 0.15) is 91.1 Å². The highest BCUT2D eigenvalue weighted by Crippen LogP contribution is 2.34. The number of nitrogens with zero attached hydrogens (tertiary/aromatic N) is 3. The lowest BCUT2D eigenvalue weighted by Crippen LogP contribution is -2.32. The molecule has 0 radical (unpaired) electrons. The lowest BCUT2D eigenvalue weighted by atomic mass is 10.1. The topological polar surface area (TPSA) is 350 Å². The number of carboxylic acids is 1. The van der Waals surface area contributed by atoms with Crippen LogP contribution < -0.4 is 56.0 Å². The zero-order valence-corrected chi connectivity index (χ0v) is 68.7. The van der Waals surface area contributed by atoms with Crippen LogP contribution in [0.2, 0.25) is 0 Å². The van der Waals surface area contributed by atoms with Gasteiger partial charge in [-0.1, -0.05) is 107 Å². The minimum Gasteiger partial charge on any atom is -0.508 e. The van der Waals surface area contributed by atoms with Crippen LogP contribution in [0.4, 0.5) is 22.8 Å². The van der Waals surface area contributed by atoms with Crippen LogP contribution in [0.25, 0.3) is 43.6 Å². The van der Waals surface area contributed by atoms with Crippen molar-refractivity contribution in [1.82, 2.24) is 30.6 Å². The Morgan fingerprint density at radius 2 is 0.810 bits per heavy atom. The molecule has 7 aromatic carbocycles. The van der Waals surface area contributed by atoms with Gasteiger partial charge in [-0.2, -0.15) is 13.2 Å². The third-order valence-corrected chi connectivity index (χ3v) is 15.5. The number of amides is 2. The SMILES string of the molecule is CC(C)(C)OC(=O)NCc1cc(OCc2ccccc2)c2cc(O)ccc2n1.COCCBr.COCCOc1ccc2[nH]c(CN)cc(=O)c2c1.COCCOc1ccc2nc(CN)cc(OCc3ccccc3)c2c1.COCCOc1ccc2nc(CNC(=O)OC(C)(C)C)cc(OCc3ccccc3)c2c1.Cl.O=C(O)C(F)(F)F. The highest BCUT2D eigenvalue weighted by Gasteiger charge is 2.38. The predicted molar refractivity (Wildman–Crippen MR) is 444 cm³/mol. The first-order valence-corrected chi connectivity index (χ1v) is 37.4. The van der Waals surface area contributed by atoms with E-state index in [-0.39, 0.29) is 36.7 Å². The highest BCUT2D eigenvalue weighted by molar-refractivity contribution is 9.09. The molecule has 11 aromatic rings. The molecule has 0 aliphatic carbocycles. The van der Waals surface area contributed by atoms with Crippen molar-refractivity contribution in [2.45, 2.75) is 105 Å². The van der Waals surface area contributed by atoms with Crippen LogP contribution in [0.15, 0.2) is 193 Å². The highest BCUT2D eigenvalue weighted by atomic mass is 79.9. The third kappa shape index (κ3) is 34.9. The van der Waals surface area contributed by atoms with Crippen molar-refractivity contribution in [3.8, 4) is 40.2 Å². The molecule has 0 saturated heterocycles. The molecule has 4 aromatic heterocycles. The molecule has 0 atom stereocenters. The first-order valence-electron chi connectivity index (χ1n) is 36.2. The predicted octanol–water partition coefficient (Wildman–Crippen LogP) is 15.8. The number of aromatic amines is 1. The van der Waals surface area contributed by atoms with E-state index in [2.05, 4.69) is 51.2 Å². The van der Waals surface area contributed by atoms with E-state index < -0.39 is 35.5 Å². The molecule has 31 heteroatoms. The van der Waals surface area contributed by atoms with Gasteiger partial charge >= 0.3 is 24.3 Å². The number of benzene rings is 7. The number of hydrogen-bond acceptors (Lipinski definition) is 22. The molecule has 0 saturated carbocycles. The number of carbonyl (C=O) groups excluding carboxylic acids is 2. The van der Waals surface area contributed by atoms with Crippen LogP contribution in [0.1, 0.15) is 81.0 Å². The minimum atomic E-state index is -5.08. The standard InChI is InChI=1S/C25H30N2O5.C22H24N2O4.C20H22N2O3.C13H16N2O3.C3H7BrO.C2HF3O2.ClH/c1-25(2,3)32-24(28)26-16-19-14-23(31-17-18-8-6-5-7-9-18)21-15-20(30-13-12-29-4)10-11-22(21)27-19;1-22(2,3)28-21(26)23-13-16-11-20(27-14-15-7-5-4-6-8-15)18-12-17(25)9-10-19(18)24-16;1-23-9-10-24-17-7-8-19-18(12-17)20(11-16(13-21)22-19)25-14-15-5-3-2-4-6-15;1-17-4-5-18-10-2-3-12-11(7-10)13(16)6-9(8-14)15-12;1-5-3-2-4;3-2(4,5)1(6)7;/h5-11,14-15H,12-13,16-17H2,1-4H3,(H,26,28);4-12,25H,13-14H2,1-3H3,(H,23,26);2-8,11-12H,9-10,13-14,21H2,1H3;2-3,6-7H,4-5,8,14H2,1H3,(H,15,16);2-3H2,1H3;(H,6,7);1H. The summed E-state index contributed by atoms with van der Waals surface area (Å²) < 4.78 is 97.0. The average molecular weight is 1700 g/mol. The number of carbonyl (C=O) groups is 3. The van der Waals surface area contributed by atoms with Crippen molar-refractivity contribution < 1.29 is 94.6 Å². The summed E-state index contributed by atoms with van der Waals surface area (Å²) in [6, 6.07) is 58.5.